The summed E-state index contributed by atoms with van der Waals surface area (Å²) in [6.07, 6.45) is -0.980. The van der Waals surface area contributed by atoms with Gasteiger partial charge in [-0.25, -0.2) is 4.79 Å². The molecule has 2 aliphatic heterocycles. The van der Waals surface area contributed by atoms with Crippen LogP contribution in [0.2, 0.25) is 0 Å². The summed E-state index contributed by atoms with van der Waals surface area (Å²) in [6.45, 7) is -0.156. The maximum atomic E-state index is 12.7. The fourth-order valence-corrected chi connectivity index (χ4v) is 5.14. The molecule has 11 heteroatoms. The zero-order chi connectivity index (χ0) is 23.5. The van der Waals surface area contributed by atoms with E-state index in [-0.39, 0.29) is 30.4 Å². The van der Waals surface area contributed by atoms with Gasteiger partial charge in [0.05, 0.1) is 17.4 Å². The zero-order valence-electron chi connectivity index (χ0n) is 17.3. The molecule has 2 saturated heterocycles. The molecule has 0 saturated carbocycles. The number of β-lactam (4-membered cyclic amide) rings is 1. The molecule has 2 aromatic carbocycles. The summed E-state index contributed by atoms with van der Waals surface area (Å²) < 4.78 is 5.28. The van der Waals surface area contributed by atoms with Crippen molar-refractivity contribution in [2.75, 3.05) is 5.75 Å². The van der Waals surface area contributed by atoms with Crippen LogP contribution >= 0.6 is 11.8 Å². The molecule has 0 bridgehead atoms. The smallest absolute Gasteiger partial charge is 0.331 e. The van der Waals surface area contributed by atoms with Crippen LogP contribution in [0, 0.1) is 10.1 Å². The van der Waals surface area contributed by atoms with E-state index in [1.807, 2.05) is 30.3 Å². The quantitative estimate of drug-likeness (QED) is 0.264. The number of benzene rings is 2. The fraction of sp³-hybridized carbons (Fsp3) is 0.318. The number of ether oxygens (including phenoxy) is 1. The Bertz CT molecular complexity index is 1060. The molecule has 172 valence electrons. The van der Waals surface area contributed by atoms with E-state index in [0.717, 1.165) is 5.56 Å². The van der Waals surface area contributed by atoms with Gasteiger partial charge in [0.1, 0.15) is 18.0 Å². The van der Waals surface area contributed by atoms with Crippen LogP contribution in [0.25, 0.3) is 0 Å². The standard InChI is InChI=1S/C22H21N3O7S/c26-16-12-33-21-18(23-17(27)10-13-4-2-1-3-5-13)20(28)24(21)19(16)22(29)32-11-14-6-8-15(9-7-14)25(30)31/h1-9,16,18-19,21,26H,10-12H2,(H,23,27)/t16?,18?,19?,21-/m1/s1. The average molecular weight is 471 g/mol. The summed E-state index contributed by atoms with van der Waals surface area (Å²) in [5.74, 6) is -1.32. The SMILES string of the molecule is O=C(Cc1ccccc1)NC1C(=O)N2C(C(=O)OCc3ccc([N+](=O)[O-])cc3)C(O)CS[C@H]12. The lowest BCUT2D eigenvalue weighted by molar-refractivity contribution is -0.384. The van der Waals surface area contributed by atoms with Crippen molar-refractivity contribution in [3.8, 4) is 0 Å². The topological polar surface area (TPSA) is 139 Å². The summed E-state index contributed by atoms with van der Waals surface area (Å²) in [6, 6.07) is 12.7. The fourth-order valence-electron chi connectivity index (χ4n) is 3.80. The summed E-state index contributed by atoms with van der Waals surface area (Å²) >= 11 is 1.29. The number of hydrogen-bond donors (Lipinski definition) is 2. The van der Waals surface area contributed by atoms with Crippen LogP contribution in [0.3, 0.4) is 0 Å². The summed E-state index contributed by atoms with van der Waals surface area (Å²) in [4.78, 5) is 49.2. The molecular weight excluding hydrogens is 450 g/mol. The van der Waals surface area contributed by atoms with Gasteiger partial charge in [0.15, 0.2) is 6.04 Å². The van der Waals surface area contributed by atoms with Crippen molar-refractivity contribution in [2.45, 2.75) is 36.6 Å². The molecule has 0 radical (unpaired) electrons. The third-order valence-corrected chi connectivity index (χ3v) is 6.85. The summed E-state index contributed by atoms with van der Waals surface area (Å²) in [7, 11) is 0. The van der Waals surface area contributed by atoms with Crippen molar-refractivity contribution in [2.24, 2.45) is 0 Å². The van der Waals surface area contributed by atoms with Crippen molar-refractivity contribution in [3.63, 3.8) is 0 Å². The minimum Gasteiger partial charge on any atom is -0.459 e. The van der Waals surface area contributed by atoms with Crippen molar-refractivity contribution in [1.82, 2.24) is 10.2 Å². The van der Waals surface area contributed by atoms with Gasteiger partial charge in [-0.1, -0.05) is 30.3 Å². The number of amides is 2. The molecule has 2 fully saturated rings. The Balaban J connectivity index is 1.35. The first-order chi connectivity index (χ1) is 15.8. The van der Waals surface area contributed by atoms with Gasteiger partial charge in [0, 0.05) is 17.9 Å². The normalized spacial score (nSPS) is 23.8. The number of carbonyl (C=O) groups is 3. The van der Waals surface area contributed by atoms with Crippen molar-refractivity contribution >= 4 is 35.2 Å². The van der Waals surface area contributed by atoms with E-state index in [2.05, 4.69) is 5.32 Å². The molecule has 3 unspecified atom stereocenters. The van der Waals surface area contributed by atoms with Gasteiger partial charge in [-0.05, 0) is 23.3 Å². The van der Waals surface area contributed by atoms with Crippen LogP contribution < -0.4 is 5.32 Å². The van der Waals surface area contributed by atoms with Gasteiger partial charge in [0.25, 0.3) is 5.69 Å². The molecule has 2 heterocycles. The number of hydrogen-bond acceptors (Lipinski definition) is 8. The van der Waals surface area contributed by atoms with Gasteiger partial charge in [-0.15, -0.1) is 11.8 Å². The highest BCUT2D eigenvalue weighted by molar-refractivity contribution is 8.00. The number of nitro benzene ring substituents is 1. The van der Waals surface area contributed by atoms with Crippen LogP contribution in [0.15, 0.2) is 54.6 Å². The first-order valence-corrected chi connectivity index (χ1v) is 11.2. The van der Waals surface area contributed by atoms with Crippen molar-refractivity contribution < 1.29 is 29.2 Å². The molecule has 4 rings (SSSR count). The van der Waals surface area contributed by atoms with Crippen LogP contribution in [0.1, 0.15) is 11.1 Å². The Labute approximate surface area is 193 Å². The largest absolute Gasteiger partial charge is 0.459 e. The van der Waals surface area contributed by atoms with Crippen LogP contribution in [-0.2, 0) is 32.1 Å². The number of aliphatic hydroxyl groups excluding tert-OH is 1. The molecule has 4 atom stereocenters. The highest BCUT2D eigenvalue weighted by atomic mass is 32.2. The number of non-ortho nitro benzene ring substituents is 1. The molecular formula is C22H21N3O7S. The molecule has 2 amide bonds. The molecule has 0 aliphatic carbocycles. The first-order valence-electron chi connectivity index (χ1n) is 10.2. The number of nitrogens with zero attached hydrogens (tertiary/aromatic N) is 2. The van der Waals surface area contributed by atoms with E-state index in [1.165, 1.54) is 40.9 Å². The van der Waals surface area contributed by atoms with Gasteiger partial charge >= 0.3 is 5.97 Å². The third-order valence-electron chi connectivity index (χ3n) is 5.48. The van der Waals surface area contributed by atoms with E-state index in [4.69, 9.17) is 4.74 Å². The van der Waals surface area contributed by atoms with E-state index in [9.17, 15) is 29.6 Å². The van der Waals surface area contributed by atoms with Gasteiger partial charge in [-0.3, -0.25) is 19.7 Å². The van der Waals surface area contributed by atoms with Crippen LogP contribution in [0.4, 0.5) is 5.69 Å². The second kappa shape index (κ2) is 9.59. The van der Waals surface area contributed by atoms with E-state index >= 15 is 0 Å². The first kappa shape index (κ1) is 22.7. The second-order valence-corrected chi connectivity index (χ2v) is 8.87. The molecule has 2 aromatic rings. The molecule has 10 nitrogen and oxygen atoms in total. The molecule has 0 spiro atoms. The third kappa shape index (κ3) is 4.83. The van der Waals surface area contributed by atoms with Gasteiger partial charge < -0.3 is 20.1 Å². The van der Waals surface area contributed by atoms with Gasteiger partial charge in [0.2, 0.25) is 11.8 Å². The monoisotopic (exact) mass is 471 g/mol. The number of fused-ring (bicyclic) bond motifs is 1. The maximum Gasteiger partial charge on any atom is 0.331 e. The number of aliphatic hydroxyl groups is 1. The van der Waals surface area contributed by atoms with Crippen LogP contribution in [0.5, 0.6) is 0 Å². The van der Waals surface area contributed by atoms with E-state index in [1.54, 1.807) is 0 Å². The van der Waals surface area contributed by atoms with E-state index in [0.29, 0.717) is 5.56 Å². The zero-order valence-corrected chi connectivity index (χ0v) is 18.1. The number of rotatable bonds is 7. The predicted octanol–water partition coefficient (Wildman–Crippen LogP) is 1.01. The number of nitro groups is 1. The Hall–Kier alpha value is -3.44. The Morgan fingerprint density at radius 1 is 1.15 bits per heavy atom. The second-order valence-electron chi connectivity index (χ2n) is 7.72. The van der Waals surface area contributed by atoms with Crippen molar-refractivity contribution in [3.05, 3.63) is 75.8 Å². The van der Waals surface area contributed by atoms with Crippen LogP contribution in [-0.4, -0.2) is 62.0 Å². The average Bonchev–Trinajstić information content (AvgIpc) is 2.81. The lowest BCUT2D eigenvalue weighted by atomic mass is 9.99. The minimum atomic E-state index is -1.18. The Morgan fingerprint density at radius 2 is 1.85 bits per heavy atom. The Morgan fingerprint density at radius 3 is 2.52 bits per heavy atom. The highest BCUT2D eigenvalue weighted by Gasteiger charge is 2.58. The lowest BCUT2D eigenvalue weighted by Crippen LogP contribution is -2.76. The summed E-state index contributed by atoms with van der Waals surface area (Å²) in [5, 5.41) is 23.3. The molecule has 2 N–H and O–H groups in total. The number of carbonyl (C=O) groups excluding carboxylic acids is 3. The number of esters is 1. The van der Waals surface area contributed by atoms with Crippen molar-refractivity contribution in [1.29, 1.82) is 0 Å². The van der Waals surface area contributed by atoms with Gasteiger partial charge in [-0.2, -0.15) is 0 Å². The number of nitrogens with one attached hydrogen (secondary N) is 1. The highest BCUT2D eigenvalue weighted by Crippen LogP contribution is 2.38. The lowest BCUT2D eigenvalue weighted by Gasteiger charge is -2.53. The molecule has 0 aromatic heterocycles. The minimum absolute atomic E-state index is 0.0841. The predicted molar refractivity (Wildman–Crippen MR) is 118 cm³/mol. The summed E-state index contributed by atoms with van der Waals surface area (Å²) in [5.41, 5.74) is 1.27. The molecule has 2 aliphatic rings. The van der Waals surface area contributed by atoms with E-state index < -0.39 is 40.4 Å². The maximum absolute atomic E-state index is 12.7. The number of thioether (sulfide) groups is 1. The Kier molecular flexibility index (Phi) is 6.61. The molecule has 33 heavy (non-hydrogen) atoms.